The Labute approximate surface area is 211 Å². The summed E-state index contributed by atoms with van der Waals surface area (Å²) in [5.74, 6) is 0.147. The Morgan fingerprint density at radius 1 is 1.22 bits per heavy atom. The van der Waals surface area contributed by atoms with Crippen molar-refractivity contribution in [2.75, 3.05) is 37.9 Å². The van der Waals surface area contributed by atoms with Crippen LogP contribution in [0.4, 0.5) is 30.4 Å². The number of carbonyl (C=O) groups is 1. The molecule has 11 heteroatoms. The maximum Gasteiger partial charge on any atom is 0.390 e. The van der Waals surface area contributed by atoms with Crippen molar-refractivity contribution in [3.63, 3.8) is 0 Å². The van der Waals surface area contributed by atoms with E-state index in [1.807, 2.05) is 25.2 Å². The zero-order chi connectivity index (χ0) is 25.6. The van der Waals surface area contributed by atoms with Crippen LogP contribution in [-0.2, 0) is 24.2 Å². The predicted octanol–water partition coefficient (Wildman–Crippen LogP) is 4.95. The summed E-state index contributed by atoms with van der Waals surface area (Å²) in [7, 11) is 5.44. The fourth-order valence-corrected chi connectivity index (χ4v) is 6.14. The van der Waals surface area contributed by atoms with Crippen LogP contribution in [-0.4, -0.2) is 60.9 Å². The summed E-state index contributed by atoms with van der Waals surface area (Å²) in [5, 5.41) is 4.47. The van der Waals surface area contributed by atoms with Gasteiger partial charge in [-0.25, -0.2) is 9.97 Å². The Morgan fingerprint density at radius 2 is 2.03 bits per heavy atom. The van der Waals surface area contributed by atoms with Gasteiger partial charge in [-0.2, -0.15) is 13.2 Å². The van der Waals surface area contributed by atoms with Crippen LogP contribution in [0.1, 0.15) is 34.4 Å². The highest BCUT2D eigenvalue weighted by atomic mass is 32.1. The van der Waals surface area contributed by atoms with Crippen molar-refractivity contribution in [3.8, 4) is 0 Å². The van der Waals surface area contributed by atoms with Crippen molar-refractivity contribution in [3.05, 3.63) is 40.0 Å². The van der Waals surface area contributed by atoms with Crippen molar-refractivity contribution in [2.24, 2.45) is 10.9 Å². The summed E-state index contributed by atoms with van der Waals surface area (Å²) >= 11 is 1.53. The van der Waals surface area contributed by atoms with Gasteiger partial charge in [0.25, 0.3) is 0 Å². The molecule has 0 spiro atoms. The quantitative estimate of drug-likeness (QED) is 0.502. The lowest BCUT2D eigenvalue weighted by Crippen LogP contribution is -2.37. The van der Waals surface area contributed by atoms with Gasteiger partial charge in [0.15, 0.2) is 0 Å². The average Bonchev–Trinajstić information content (AvgIpc) is 3.44. The fraction of sp³-hybridized carbons (Fsp3) is 0.440. The van der Waals surface area contributed by atoms with Gasteiger partial charge < -0.3 is 15.1 Å². The lowest BCUT2D eigenvalue weighted by molar-refractivity contribution is -0.146. The number of rotatable bonds is 6. The minimum atomic E-state index is -4.28. The lowest BCUT2D eigenvalue weighted by Gasteiger charge is -2.27. The van der Waals surface area contributed by atoms with E-state index in [4.69, 9.17) is 0 Å². The van der Waals surface area contributed by atoms with E-state index in [-0.39, 0.29) is 18.4 Å². The number of aromatic nitrogens is 2. The number of fused-ring (bicyclic) bond motifs is 4. The SMILES string of the molecule is CN(CCC(F)(F)F)C(=O)[C@H]1CCc2c(sc3ncnc(Nc4cc5c(cc4N(C)C)CN=C5)c23)C1. The molecule has 1 aliphatic carbocycles. The molecule has 7 nitrogen and oxygen atoms in total. The number of hydrogen-bond acceptors (Lipinski definition) is 7. The Kier molecular flexibility index (Phi) is 6.36. The summed E-state index contributed by atoms with van der Waals surface area (Å²) < 4.78 is 37.8. The summed E-state index contributed by atoms with van der Waals surface area (Å²) in [6, 6.07) is 4.22. The summed E-state index contributed by atoms with van der Waals surface area (Å²) in [4.78, 5) is 31.4. The zero-order valence-corrected chi connectivity index (χ0v) is 21.1. The molecule has 0 saturated heterocycles. The van der Waals surface area contributed by atoms with Gasteiger partial charge in [0, 0.05) is 44.7 Å². The molecule has 0 unspecified atom stereocenters. The maximum atomic E-state index is 12.8. The second-order valence-electron chi connectivity index (χ2n) is 9.53. The van der Waals surface area contributed by atoms with E-state index >= 15 is 0 Å². The summed E-state index contributed by atoms with van der Waals surface area (Å²) in [6.45, 7) is 0.356. The molecule has 3 heterocycles. The van der Waals surface area contributed by atoms with Crippen LogP contribution in [0.5, 0.6) is 0 Å². The number of alkyl halides is 3. The molecule has 0 saturated carbocycles. The van der Waals surface area contributed by atoms with Gasteiger partial charge in [-0.3, -0.25) is 9.79 Å². The third kappa shape index (κ3) is 4.76. The van der Waals surface area contributed by atoms with Crippen LogP contribution in [0.3, 0.4) is 0 Å². The number of anilines is 3. The van der Waals surface area contributed by atoms with Crippen LogP contribution < -0.4 is 10.2 Å². The Balaban J connectivity index is 1.41. The highest BCUT2D eigenvalue weighted by Crippen LogP contribution is 2.42. The van der Waals surface area contributed by atoms with Gasteiger partial charge in [0.2, 0.25) is 5.91 Å². The molecule has 3 aromatic rings. The first-order valence-electron chi connectivity index (χ1n) is 11.8. The van der Waals surface area contributed by atoms with E-state index in [0.717, 1.165) is 37.6 Å². The monoisotopic (exact) mass is 516 g/mol. The smallest absolute Gasteiger partial charge is 0.376 e. The number of amides is 1. The lowest BCUT2D eigenvalue weighted by atomic mass is 9.87. The van der Waals surface area contributed by atoms with Gasteiger partial charge in [0.05, 0.1) is 29.7 Å². The number of aliphatic imine (C=N–C) groups is 1. The first kappa shape index (κ1) is 24.5. The largest absolute Gasteiger partial charge is 0.390 e. The molecule has 2 aromatic heterocycles. The van der Waals surface area contributed by atoms with Gasteiger partial charge in [-0.15, -0.1) is 11.3 Å². The molecule has 1 N–H and O–H groups in total. The second kappa shape index (κ2) is 9.34. The van der Waals surface area contributed by atoms with Crippen LogP contribution in [0.15, 0.2) is 23.5 Å². The maximum absolute atomic E-state index is 12.8. The first-order valence-corrected chi connectivity index (χ1v) is 12.6. The fourth-order valence-electron chi connectivity index (χ4n) is 4.88. The number of thiophene rings is 1. The average molecular weight is 517 g/mol. The number of halogens is 3. The van der Waals surface area contributed by atoms with E-state index in [9.17, 15) is 18.0 Å². The van der Waals surface area contributed by atoms with Gasteiger partial charge in [-0.05, 0) is 48.1 Å². The van der Waals surface area contributed by atoms with Crippen molar-refractivity contribution in [1.29, 1.82) is 0 Å². The van der Waals surface area contributed by atoms with Crippen LogP contribution in [0, 0.1) is 5.92 Å². The molecule has 1 atom stereocenters. The highest BCUT2D eigenvalue weighted by Gasteiger charge is 2.33. The van der Waals surface area contributed by atoms with Crippen LogP contribution >= 0.6 is 11.3 Å². The van der Waals surface area contributed by atoms with Crippen molar-refractivity contribution < 1.29 is 18.0 Å². The third-order valence-corrected chi connectivity index (χ3v) is 7.95. The number of benzene rings is 1. The van der Waals surface area contributed by atoms with E-state index in [1.165, 1.54) is 35.2 Å². The number of nitrogens with one attached hydrogen (secondary N) is 1. The van der Waals surface area contributed by atoms with E-state index in [1.54, 1.807) is 0 Å². The second-order valence-corrected chi connectivity index (χ2v) is 10.6. The molecule has 0 fully saturated rings. The first-order chi connectivity index (χ1) is 17.1. The predicted molar refractivity (Wildman–Crippen MR) is 137 cm³/mol. The molecule has 2 aliphatic rings. The molecule has 1 aromatic carbocycles. The van der Waals surface area contributed by atoms with Crippen molar-refractivity contribution in [2.45, 2.75) is 38.4 Å². The Hall–Kier alpha value is -3.21. The zero-order valence-electron chi connectivity index (χ0n) is 20.3. The molecule has 0 bridgehead atoms. The number of hydrogen-bond donors (Lipinski definition) is 1. The summed E-state index contributed by atoms with van der Waals surface area (Å²) in [6.07, 6.45) is -0.124. The van der Waals surface area contributed by atoms with Crippen molar-refractivity contribution >= 4 is 50.9 Å². The number of aryl methyl sites for hydroxylation is 1. The minimum Gasteiger partial charge on any atom is -0.376 e. The normalized spacial score (nSPS) is 16.7. The Morgan fingerprint density at radius 3 is 2.78 bits per heavy atom. The van der Waals surface area contributed by atoms with Crippen LogP contribution in [0.25, 0.3) is 10.2 Å². The van der Waals surface area contributed by atoms with Crippen molar-refractivity contribution in [1.82, 2.24) is 14.9 Å². The Bertz CT molecular complexity index is 1350. The molecular weight excluding hydrogens is 489 g/mol. The van der Waals surface area contributed by atoms with Gasteiger partial charge in [0.1, 0.15) is 17.0 Å². The highest BCUT2D eigenvalue weighted by molar-refractivity contribution is 7.19. The molecule has 5 rings (SSSR count). The standard InChI is InChI=1S/C25H27F3N6OS/c1-33(2)19-9-16-12-29-11-15(16)8-18(19)32-22-21-17-5-4-14(10-20(17)36-23(21)31-13-30-22)24(35)34(3)7-6-25(26,27)28/h8-9,11,13-14H,4-7,10,12H2,1-3H3,(H,30,31,32)/t14-/m0/s1. The van der Waals surface area contributed by atoms with Gasteiger partial charge >= 0.3 is 6.18 Å². The number of nitrogens with zero attached hydrogens (tertiary/aromatic N) is 5. The topological polar surface area (TPSA) is 73.7 Å². The molecule has 190 valence electrons. The molecule has 1 aliphatic heterocycles. The third-order valence-electron chi connectivity index (χ3n) is 6.79. The van der Waals surface area contributed by atoms with E-state index in [0.29, 0.717) is 31.6 Å². The van der Waals surface area contributed by atoms with Crippen LogP contribution in [0.2, 0.25) is 0 Å². The van der Waals surface area contributed by atoms with Gasteiger partial charge in [-0.1, -0.05) is 0 Å². The molecule has 1 amide bonds. The number of carbonyl (C=O) groups excluding carboxylic acids is 1. The minimum absolute atomic E-state index is 0.234. The molecular formula is C25H27F3N6OS. The molecule has 0 radical (unpaired) electrons. The molecule has 36 heavy (non-hydrogen) atoms. The van der Waals surface area contributed by atoms with E-state index in [2.05, 4.69) is 32.4 Å². The van der Waals surface area contributed by atoms with E-state index < -0.39 is 12.6 Å². The summed E-state index contributed by atoms with van der Waals surface area (Å²) in [5.41, 5.74) is 5.33.